The van der Waals surface area contributed by atoms with Crippen LogP contribution in [0.5, 0.6) is 0 Å². The minimum Gasteiger partial charge on any atom is -0.335 e. The molecule has 0 amide bonds. The van der Waals surface area contributed by atoms with Crippen molar-refractivity contribution in [3.63, 3.8) is 0 Å². The van der Waals surface area contributed by atoms with Gasteiger partial charge in [-0.1, -0.05) is 0 Å². The van der Waals surface area contributed by atoms with Crippen LogP contribution in [-0.4, -0.2) is 45.9 Å². The Hall–Kier alpha value is -0.910. The third kappa shape index (κ3) is 2.62. The number of aryl methyl sites for hydroxylation is 1. The van der Waals surface area contributed by atoms with Crippen molar-refractivity contribution < 1.29 is 13.3 Å². The summed E-state index contributed by atoms with van der Waals surface area (Å²) in [5, 5.41) is 0. The highest BCUT2D eigenvalue weighted by Crippen LogP contribution is 2.27. The van der Waals surface area contributed by atoms with E-state index in [4.69, 9.17) is 0 Å². The van der Waals surface area contributed by atoms with E-state index in [2.05, 4.69) is 7.05 Å². The second kappa shape index (κ2) is 5.47. The smallest absolute Gasteiger partial charge is 0.243 e. The standard InChI is InChI=1S/C15H24N2O2S/c1-11-10-15(14(4)13(3)12(11)2)20(18,19)17-8-6-16(5)7-9-17/h10H,6-9H2,1-5H3/p+1. The Kier molecular flexibility index (Phi) is 4.23. The predicted molar refractivity (Wildman–Crippen MR) is 80.8 cm³/mol. The van der Waals surface area contributed by atoms with Crippen LogP contribution in [0.3, 0.4) is 0 Å². The minimum atomic E-state index is -3.36. The lowest BCUT2D eigenvalue weighted by Gasteiger charge is -2.30. The Morgan fingerprint density at radius 1 is 1.00 bits per heavy atom. The molecule has 0 radical (unpaired) electrons. The minimum absolute atomic E-state index is 0.484. The molecule has 20 heavy (non-hydrogen) atoms. The molecule has 1 N–H and O–H groups in total. The van der Waals surface area contributed by atoms with Gasteiger partial charge in [-0.25, -0.2) is 8.42 Å². The van der Waals surface area contributed by atoms with Crippen LogP contribution in [0.4, 0.5) is 0 Å². The van der Waals surface area contributed by atoms with E-state index in [9.17, 15) is 8.42 Å². The normalized spacial score (nSPS) is 18.4. The van der Waals surface area contributed by atoms with Gasteiger partial charge in [0, 0.05) is 0 Å². The molecule has 0 bridgehead atoms. The average molecular weight is 297 g/mol. The van der Waals surface area contributed by atoms with Gasteiger partial charge in [0.25, 0.3) is 0 Å². The molecule has 5 heteroatoms. The molecule has 112 valence electrons. The molecule has 2 rings (SSSR count). The van der Waals surface area contributed by atoms with E-state index in [1.54, 1.807) is 4.31 Å². The van der Waals surface area contributed by atoms with E-state index in [0.717, 1.165) is 29.8 Å². The van der Waals surface area contributed by atoms with Gasteiger partial charge in [-0.05, 0) is 56.0 Å². The first kappa shape index (κ1) is 15.5. The highest BCUT2D eigenvalue weighted by molar-refractivity contribution is 7.89. The number of sulfonamides is 1. The second-order valence-electron chi connectivity index (χ2n) is 5.93. The van der Waals surface area contributed by atoms with Crippen LogP contribution in [0.15, 0.2) is 11.0 Å². The van der Waals surface area contributed by atoms with Gasteiger partial charge in [0.1, 0.15) is 0 Å². The second-order valence-corrected chi connectivity index (χ2v) is 7.83. The van der Waals surface area contributed by atoms with Gasteiger partial charge in [0.05, 0.1) is 38.1 Å². The van der Waals surface area contributed by atoms with Crippen molar-refractivity contribution in [1.82, 2.24) is 4.31 Å². The molecule has 0 aliphatic carbocycles. The number of hydrogen-bond donors (Lipinski definition) is 1. The van der Waals surface area contributed by atoms with E-state index in [0.29, 0.717) is 18.0 Å². The number of quaternary nitrogens is 1. The predicted octanol–water partition coefficient (Wildman–Crippen LogP) is 0.439. The summed E-state index contributed by atoms with van der Waals surface area (Å²) in [5.74, 6) is 0. The fourth-order valence-corrected chi connectivity index (χ4v) is 4.50. The third-order valence-electron chi connectivity index (χ3n) is 4.63. The molecule has 0 saturated carbocycles. The number of benzene rings is 1. The van der Waals surface area contributed by atoms with Gasteiger partial charge in [-0.2, -0.15) is 4.31 Å². The molecule has 1 fully saturated rings. The topological polar surface area (TPSA) is 41.8 Å². The molecular formula is C15H25N2O2S+. The summed E-state index contributed by atoms with van der Waals surface area (Å²) in [6, 6.07) is 1.83. The van der Waals surface area contributed by atoms with Crippen LogP contribution in [0.25, 0.3) is 0 Å². The number of nitrogens with zero attached hydrogens (tertiary/aromatic N) is 1. The molecule has 1 aliphatic rings. The fraction of sp³-hybridized carbons (Fsp3) is 0.600. The molecule has 0 unspecified atom stereocenters. The molecule has 1 saturated heterocycles. The monoisotopic (exact) mass is 297 g/mol. The molecule has 0 atom stereocenters. The Morgan fingerprint density at radius 2 is 1.55 bits per heavy atom. The van der Waals surface area contributed by atoms with Crippen molar-refractivity contribution in [2.24, 2.45) is 0 Å². The van der Waals surface area contributed by atoms with Crippen molar-refractivity contribution in [2.75, 3.05) is 33.2 Å². The summed E-state index contributed by atoms with van der Waals surface area (Å²) in [7, 11) is -1.25. The number of rotatable bonds is 2. The highest BCUT2D eigenvalue weighted by atomic mass is 32.2. The first-order valence-corrected chi connectivity index (χ1v) is 8.58. The van der Waals surface area contributed by atoms with E-state index in [-0.39, 0.29) is 0 Å². The Bertz CT molecular complexity index is 615. The summed E-state index contributed by atoms with van der Waals surface area (Å²) >= 11 is 0. The van der Waals surface area contributed by atoms with Crippen LogP contribution in [0, 0.1) is 27.7 Å². The van der Waals surface area contributed by atoms with Crippen LogP contribution < -0.4 is 4.90 Å². The lowest BCUT2D eigenvalue weighted by atomic mass is 10.00. The zero-order chi connectivity index (χ0) is 15.1. The zero-order valence-electron chi connectivity index (χ0n) is 13.1. The maximum absolute atomic E-state index is 12.8. The van der Waals surface area contributed by atoms with E-state index >= 15 is 0 Å². The summed E-state index contributed by atoms with van der Waals surface area (Å²) in [6.45, 7) is 10.9. The zero-order valence-corrected chi connectivity index (χ0v) is 13.9. The SMILES string of the molecule is Cc1cc(S(=O)(=O)N2CC[NH+](C)CC2)c(C)c(C)c1C. The van der Waals surface area contributed by atoms with Crippen LogP contribution in [-0.2, 0) is 10.0 Å². The number of hydrogen-bond acceptors (Lipinski definition) is 2. The number of likely N-dealkylation sites (N-methyl/N-ethyl adjacent to an activating group) is 1. The van der Waals surface area contributed by atoms with Gasteiger partial charge >= 0.3 is 0 Å². The molecular weight excluding hydrogens is 272 g/mol. The third-order valence-corrected chi connectivity index (χ3v) is 6.65. The number of nitrogens with one attached hydrogen (secondary N) is 1. The molecule has 0 spiro atoms. The van der Waals surface area contributed by atoms with E-state index in [1.165, 1.54) is 10.5 Å². The molecule has 1 aliphatic heterocycles. The van der Waals surface area contributed by atoms with Crippen molar-refractivity contribution in [3.8, 4) is 0 Å². The van der Waals surface area contributed by atoms with Gasteiger partial charge < -0.3 is 4.90 Å². The van der Waals surface area contributed by atoms with Gasteiger partial charge in [0.15, 0.2) is 0 Å². The quantitative estimate of drug-likeness (QED) is 0.861. The molecule has 1 aromatic rings. The van der Waals surface area contributed by atoms with Crippen molar-refractivity contribution in [1.29, 1.82) is 0 Å². The molecule has 0 aromatic heterocycles. The lowest BCUT2D eigenvalue weighted by Crippen LogP contribution is -3.12. The summed E-state index contributed by atoms with van der Waals surface area (Å²) in [4.78, 5) is 1.88. The fourth-order valence-electron chi connectivity index (χ4n) is 2.69. The molecule has 1 heterocycles. The summed E-state index contributed by atoms with van der Waals surface area (Å²) < 4.78 is 27.3. The Morgan fingerprint density at radius 3 is 2.10 bits per heavy atom. The maximum atomic E-state index is 12.8. The van der Waals surface area contributed by atoms with Gasteiger partial charge in [-0.15, -0.1) is 0 Å². The Labute approximate surface area is 122 Å². The first-order valence-electron chi connectivity index (χ1n) is 7.14. The van der Waals surface area contributed by atoms with Gasteiger partial charge in [0.2, 0.25) is 10.0 Å². The maximum Gasteiger partial charge on any atom is 0.243 e. The lowest BCUT2D eigenvalue weighted by molar-refractivity contribution is -0.883. The van der Waals surface area contributed by atoms with Crippen LogP contribution in [0.2, 0.25) is 0 Å². The van der Waals surface area contributed by atoms with Crippen LogP contribution >= 0.6 is 0 Å². The van der Waals surface area contributed by atoms with Gasteiger partial charge in [-0.3, -0.25) is 0 Å². The molecule has 1 aromatic carbocycles. The van der Waals surface area contributed by atoms with Crippen molar-refractivity contribution in [3.05, 3.63) is 28.3 Å². The van der Waals surface area contributed by atoms with E-state index in [1.807, 2.05) is 33.8 Å². The highest BCUT2D eigenvalue weighted by Gasteiger charge is 2.31. The summed E-state index contributed by atoms with van der Waals surface area (Å²) in [6.07, 6.45) is 0. The largest absolute Gasteiger partial charge is 0.335 e. The first-order chi connectivity index (χ1) is 9.25. The Balaban J connectivity index is 2.45. The molecule has 4 nitrogen and oxygen atoms in total. The van der Waals surface area contributed by atoms with Crippen molar-refractivity contribution in [2.45, 2.75) is 32.6 Å². The van der Waals surface area contributed by atoms with Crippen LogP contribution in [0.1, 0.15) is 22.3 Å². The average Bonchev–Trinajstić information content (AvgIpc) is 2.41. The number of piperazine rings is 1. The van der Waals surface area contributed by atoms with E-state index < -0.39 is 10.0 Å². The summed E-state index contributed by atoms with van der Waals surface area (Å²) in [5.41, 5.74) is 4.21. The van der Waals surface area contributed by atoms with Crippen molar-refractivity contribution >= 4 is 10.0 Å².